The summed E-state index contributed by atoms with van der Waals surface area (Å²) < 4.78 is 13.1. The Morgan fingerprint density at radius 3 is 2.42 bits per heavy atom. The zero-order valence-corrected chi connectivity index (χ0v) is 20.8. The summed E-state index contributed by atoms with van der Waals surface area (Å²) in [5.41, 5.74) is 4.74. The molecule has 0 saturated heterocycles. The fourth-order valence-corrected chi connectivity index (χ4v) is 4.15. The number of hydrogen-bond donors (Lipinski definition) is 1. The molecular weight excluding hydrogens is 432 g/mol. The number of anilines is 1. The van der Waals surface area contributed by atoms with Crippen molar-refractivity contribution in [1.29, 1.82) is 0 Å². The van der Waals surface area contributed by atoms with Gasteiger partial charge in [0.15, 0.2) is 5.11 Å². The summed E-state index contributed by atoms with van der Waals surface area (Å²) in [5.74, 6) is 1.56. The van der Waals surface area contributed by atoms with E-state index in [4.69, 9.17) is 21.7 Å². The first-order valence-electron chi connectivity index (χ1n) is 11.4. The van der Waals surface area contributed by atoms with Crippen molar-refractivity contribution < 1.29 is 9.47 Å². The number of benzene rings is 2. The van der Waals surface area contributed by atoms with Gasteiger partial charge in [-0.2, -0.15) is 0 Å². The van der Waals surface area contributed by atoms with Crippen molar-refractivity contribution in [3.05, 3.63) is 71.8 Å². The Morgan fingerprint density at radius 1 is 1.06 bits per heavy atom. The second-order valence-corrected chi connectivity index (χ2v) is 8.23. The largest absolute Gasteiger partial charge is 0.497 e. The summed E-state index contributed by atoms with van der Waals surface area (Å²) in [4.78, 5) is 6.35. The Hall–Kier alpha value is -3.06. The lowest BCUT2D eigenvalue weighted by Crippen LogP contribution is -2.36. The van der Waals surface area contributed by atoms with E-state index >= 15 is 0 Å². The molecule has 0 unspecified atom stereocenters. The number of hydrogen-bond acceptors (Lipinski definition) is 4. The van der Waals surface area contributed by atoms with Gasteiger partial charge >= 0.3 is 0 Å². The van der Waals surface area contributed by atoms with Crippen molar-refractivity contribution >= 4 is 23.0 Å². The second kappa shape index (κ2) is 12.3. The molecule has 1 heterocycles. The molecule has 176 valence electrons. The average Bonchev–Trinajstić information content (AvgIpc) is 3.37. The number of aromatic nitrogens is 2. The van der Waals surface area contributed by atoms with Gasteiger partial charge < -0.3 is 24.3 Å². The van der Waals surface area contributed by atoms with Crippen molar-refractivity contribution in [1.82, 2.24) is 14.5 Å². The van der Waals surface area contributed by atoms with E-state index < -0.39 is 0 Å². The minimum atomic E-state index is 0.638. The Kier molecular flexibility index (Phi) is 9.13. The molecule has 0 atom stereocenters. The number of nitrogens with zero attached hydrogens (tertiary/aromatic N) is 3. The molecule has 33 heavy (non-hydrogen) atoms. The van der Waals surface area contributed by atoms with Crippen LogP contribution in [-0.2, 0) is 25.9 Å². The van der Waals surface area contributed by atoms with Crippen LogP contribution in [0.5, 0.6) is 11.5 Å². The molecule has 0 bridgehead atoms. The highest BCUT2D eigenvalue weighted by Gasteiger charge is 2.16. The second-order valence-electron chi connectivity index (χ2n) is 7.84. The SMILES string of the molecule is CCc1cccc(CC)c1NC(=S)N(CCCn1ccnc1)Cc1ccc(OC)cc1OC. The number of thiocarbonyl (C=S) groups is 1. The van der Waals surface area contributed by atoms with Crippen molar-refractivity contribution in [2.45, 2.75) is 46.2 Å². The molecule has 0 radical (unpaired) electrons. The minimum Gasteiger partial charge on any atom is -0.497 e. The van der Waals surface area contributed by atoms with Gasteiger partial charge in [0.25, 0.3) is 0 Å². The van der Waals surface area contributed by atoms with E-state index in [-0.39, 0.29) is 0 Å². The normalized spacial score (nSPS) is 10.7. The fraction of sp³-hybridized carbons (Fsp3) is 0.385. The van der Waals surface area contributed by atoms with Crippen LogP contribution < -0.4 is 14.8 Å². The van der Waals surface area contributed by atoms with E-state index in [1.165, 1.54) is 11.1 Å². The molecule has 1 N–H and O–H groups in total. The van der Waals surface area contributed by atoms with Crippen molar-refractivity contribution in [3.63, 3.8) is 0 Å². The Balaban J connectivity index is 1.83. The minimum absolute atomic E-state index is 0.638. The molecule has 0 amide bonds. The smallest absolute Gasteiger partial charge is 0.173 e. The highest BCUT2D eigenvalue weighted by atomic mass is 32.1. The molecule has 6 nitrogen and oxygen atoms in total. The molecule has 0 spiro atoms. The number of ether oxygens (including phenoxy) is 2. The molecule has 7 heteroatoms. The van der Waals surface area contributed by atoms with Gasteiger partial charge in [-0.15, -0.1) is 0 Å². The highest BCUT2D eigenvalue weighted by molar-refractivity contribution is 7.80. The van der Waals surface area contributed by atoms with E-state index in [1.54, 1.807) is 20.4 Å². The third kappa shape index (κ3) is 6.48. The van der Waals surface area contributed by atoms with Gasteiger partial charge in [0, 0.05) is 49.3 Å². The third-order valence-electron chi connectivity index (χ3n) is 5.78. The molecule has 0 aliphatic rings. The molecule has 0 saturated carbocycles. The topological polar surface area (TPSA) is 51.6 Å². The molecule has 0 aliphatic carbocycles. The van der Waals surface area contributed by atoms with E-state index in [0.29, 0.717) is 11.7 Å². The van der Waals surface area contributed by atoms with Gasteiger partial charge in [0.1, 0.15) is 11.5 Å². The Morgan fingerprint density at radius 2 is 1.82 bits per heavy atom. The number of imidazole rings is 1. The van der Waals surface area contributed by atoms with Crippen LogP contribution in [0.15, 0.2) is 55.1 Å². The average molecular weight is 467 g/mol. The van der Waals surface area contributed by atoms with E-state index in [0.717, 1.165) is 55.1 Å². The molecule has 0 fully saturated rings. The molecule has 2 aromatic carbocycles. The van der Waals surface area contributed by atoms with Crippen LogP contribution in [0.4, 0.5) is 5.69 Å². The lowest BCUT2D eigenvalue weighted by Gasteiger charge is -2.28. The van der Waals surface area contributed by atoms with Crippen LogP contribution in [0.3, 0.4) is 0 Å². The first-order chi connectivity index (χ1) is 16.1. The van der Waals surface area contributed by atoms with Crippen LogP contribution >= 0.6 is 12.2 Å². The first-order valence-corrected chi connectivity index (χ1v) is 11.8. The Bertz CT molecular complexity index is 1010. The molecule has 1 aromatic heterocycles. The van der Waals surface area contributed by atoms with Crippen molar-refractivity contribution in [3.8, 4) is 11.5 Å². The summed E-state index contributed by atoms with van der Waals surface area (Å²) >= 11 is 5.94. The van der Waals surface area contributed by atoms with Gasteiger partial charge in [-0.05, 0) is 54.7 Å². The van der Waals surface area contributed by atoms with E-state index in [2.05, 4.69) is 51.8 Å². The first kappa shape index (κ1) is 24.6. The predicted octanol–water partition coefficient (Wildman–Crippen LogP) is 5.31. The highest BCUT2D eigenvalue weighted by Crippen LogP contribution is 2.27. The summed E-state index contributed by atoms with van der Waals surface area (Å²) in [6.45, 7) is 6.67. The van der Waals surface area contributed by atoms with Crippen LogP contribution in [-0.4, -0.2) is 40.3 Å². The number of para-hydroxylation sites is 1. The zero-order chi connectivity index (χ0) is 23.6. The van der Waals surface area contributed by atoms with Crippen molar-refractivity contribution in [2.75, 3.05) is 26.1 Å². The molecule has 3 aromatic rings. The quantitative estimate of drug-likeness (QED) is 0.386. The molecule has 0 aliphatic heterocycles. The number of nitrogens with one attached hydrogen (secondary N) is 1. The lowest BCUT2D eigenvalue weighted by molar-refractivity contribution is 0.366. The fourth-order valence-electron chi connectivity index (χ4n) is 3.89. The van der Waals surface area contributed by atoms with Crippen LogP contribution in [0.25, 0.3) is 0 Å². The maximum absolute atomic E-state index is 5.94. The van der Waals surface area contributed by atoms with Gasteiger partial charge in [-0.25, -0.2) is 4.98 Å². The van der Waals surface area contributed by atoms with Gasteiger partial charge in [-0.1, -0.05) is 32.0 Å². The van der Waals surface area contributed by atoms with Crippen LogP contribution in [0.1, 0.15) is 37.0 Å². The predicted molar refractivity (Wildman–Crippen MR) is 138 cm³/mol. The summed E-state index contributed by atoms with van der Waals surface area (Å²) in [7, 11) is 3.34. The Labute approximate surface area is 202 Å². The maximum Gasteiger partial charge on any atom is 0.173 e. The van der Waals surface area contributed by atoms with E-state index in [1.807, 2.05) is 30.7 Å². The van der Waals surface area contributed by atoms with Gasteiger partial charge in [0.2, 0.25) is 0 Å². The van der Waals surface area contributed by atoms with Gasteiger partial charge in [-0.3, -0.25) is 0 Å². The van der Waals surface area contributed by atoms with Crippen LogP contribution in [0.2, 0.25) is 0 Å². The summed E-state index contributed by atoms with van der Waals surface area (Å²) in [5, 5.41) is 4.29. The maximum atomic E-state index is 5.94. The van der Waals surface area contributed by atoms with Crippen LogP contribution in [0, 0.1) is 0 Å². The zero-order valence-electron chi connectivity index (χ0n) is 20.0. The van der Waals surface area contributed by atoms with Gasteiger partial charge in [0.05, 0.1) is 20.5 Å². The monoisotopic (exact) mass is 466 g/mol. The third-order valence-corrected chi connectivity index (χ3v) is 6.14. The van der Waals surface area contributed by atoms with E-state index in [9.17, 15) is 0 Å². The molecule has 3 rings (SSSR count). The molecular formula is C26H34N4O2S. The van der Waals surface area contributed by atoms with Crippen molar-refractivity contribution in [2.24, 2.45) is 0 Å². The number of rotatable bonds is 11. The summed E-state index contributed by atoms with van der Waals surface area (Å²) in [6.07, 6.45) is 8.47. The number of aryl methyl sites for hydroxylation is 3. The standard InChI is InChI=1S/C26H34N4O2S/c1-5-20-9-7-10-21(6-2)25(20)28-26(33)30(15-8-14-29-16-13-27-19-29)18-22-11-12-23(31-3)17-24(22)32-4/h7,9-13,16-17,19H,5-6,8,14-15,18H2,1-4H3,(H,28,33). The summed E-state index contributed by atoms with van der Waals surface area (Å²) in [6, 6.07) is 12.4. The number of methoxy groups -OCH3 is 2. The lowest BCUT2D eigenvalue weighted by atomic mass is 10.0.